The van der Waals surface area contributed by atoms with Gasteiger partial charge in [0.05, 0.1) is 7.11 Å². The van der Waals surface area contributed by atoms with E-state index in [4.69, 9.17) is 16.3 Å². The third-order valence-electron chi connectivity index (χ3n) is 6.72. The van der Waals surface area contributed by atoms with Gasteiger partial charge in [0, 0.05) is 16.8 Å². The number of hydrogen-bond acceptors (Lipinski definition) is 4. The molecule has 0 saturated heterocycles. The number of amides is 3. The molecule has 2 heterocycles. The molecule has 2 aliphatic heterocycles. The van der Waals surface area contributed by atoms with Crippen LogP contribution in [0, 0.1) is 11.8 Å². The van der Waals surface area contributed by atoms with Crippen molar-refractivity contribution in [1.29, 1.82) is 0 Å². The molecule has 0 spiro atoms. The zero-order valence-corrected chi connectivity index (χ0v) is 18.9. The summed E-state index contributed by atoms with van der Waals surface area (Å²) < 4.78 is 7.36. The third-order valence-corrected chi connectivity index (χ3v) is 6.97. The lowest BCUT2D eigenvalue weighted by atomic mass is 9.84. The number of urea groups is 1. The van der Waals surface area contributed by atoms with Gasteiger partial charge in [-0.25, -0.2) is 4.79 Å². The van der Waals surface area contributed by atoms with E-state index in [1.165, 1.54) is 4.90 Å². The maximum atomic E-state index is 13.9. The summed E-state index contributed by atoms with van der Waals surface area (Å²) >= 11 is 6.05. The van der Waals surface area contributed by atoms with E-state index >= 15 is 0 Å². The fourth-order valence-corrected chi connectivity index (χ4v) is 5.13. The normalized spacial score (nSPS) is 25.0. The molecule has 7 heteroatoms. The van der Waals surface area contributed by atoms with Gasteiger partial charge in [0.15, 0.2) is 5.92 Å². The van der Waals surface area contributed by atoms with Crippen molar-refractivity contribution >= 4 is 46.8 Å². The first-order chi connectivity index (χ1) is 15.5. The number of carbonyl (C=O) groups is 2. The summed E-state index contributed by atoms with van der Waals surface area (Å²) in [6, 6.07) is 12.2. The molecule has 6 nitrogen and oxygen atoms in total. The lowest BCUT2D eigenvalue weighted by molar-refractivity contribution is -0.478. The average Bonchev–Trinajstić information content (AvgIpc) is 2.81. The van der Waals surface area contributed by atoms with Crippen molar-refractivity contribution in [2.75, 3.05) is 12.0 Å². The minimum Gasteiger partial charge on any atom is -0.494 e. The van der Waals surface area contributed by atoms with Crippen molar-refractivity contribution in [2.24, 2.45) is 16.8 Å². The molecular formula is C25H25ClN3O3+. The van der Waals surface area contributed by atoms with Crippen LogP contribution in [0.25, 0.3) is 0 Å². The van der Waals surface area contributed by atoms with Crippen LogP contribution < -0.4 is 9.64 Å². The van der Waals surface area contributed by atoms with E-state index in [1.54, 1.807) is 37.6 Å². The zero-order valence-electron chi connectivity index (χ0n) is 18.1. The predicted octanol–water partition coefficient (Wildman–Crippen LogP) is 5.23. The molecule has 3 aliphatic rings. The number of halogens is 1. The Labute approximate surface area is 192 Å². The third kappa shape index (κ3) is 3.34. The van der Waals surface area contributed by atoms with Crippen molar-refractivity contribution in [3.05, 3.63) is 53.1 Å². The van der Waals surface area contributed by atoms with Crippen LogP contribution in [0.15, 0.2) is 47.5 Å². The molecular weight excluding hydrogens is 426 g/mol. The Morgan fingerprint density at radius 3 is 2.47 bits per heavy atom. The molecule has 3 amide bonds. The molecule has 164 valence electrons. The van der Waals surface area contributed by atoms with Crippen molar-refractivity contribution in [1.82, 2.24) is 0 Å². The number of methoxy groups -OCH3 is 1. The highest BCUT2D eigenvalue weighted by atomic mass is 35.5. The summed E-state index contributed by atoms with van der Waals surface area (Å²) in [5, 5.41) is 0.552. The van der Waals surface area contributed by atoms with Crippen molar-refractivity contribution in [2.45, 2.75) is 38.6 Å². The predicted molar refractivity (Wildman–Crippen MR) is 125 cm³/mol. The Bertz CT molecular complexity index is 1150. The second-order valence-corrected chi connectivity index (χ2v) is 9.15. The molecule has 1 aliphatic carbocycles. The van der Waals surface area contributed by atoms with Gasteiger partial charge in [0.2, 0.25) is 0 Å². The largest absolute Gasteiger partial charge is 0.506 e. The molecule has 5 rings (SSSR count). The summed E-state index contributed by atoms with van der Waals surface area (Å²) in [5.41, 5.74) is 2.68. The molecule has 0 bridgehead atoms. The Morgan fingerprint density at radius 1 is 1.06 bits per heavy atom. The van der Waals surface area contributed by atoms with E-state index in [1.807, 2.05) is 22.8 Å². The van der Waals surface area contributed by atoms with Crippen LogP contribution in [0.3, 0.4) is 0 Å². The summed E-state index contributed by atoms with van der Waals surface area (Å²) in [6.07, 6.45) is 5.57. The SMILES string of the molecule is COc1cccc2c1N=CC1C(=O)N(c3ccc(Cl)cc3)C(=O)[N+](C3CCC(C)CC3)=C21. The van der Waals surface area contributed by atoms with Crippen LogP contribution in [0.4, 0.5) is 16.2 Å². The van der Waals surface area contributed by atoms with Crippen LogP contribution in [0.5, 0.6) is 5.75 Å². The number of rotatable bonds is 3. The molecule has 0 N–H and O–H groups in total. The Hall–Kier alpha value is -2.99. The Kier molecular flexibility index (Phi) is 5.33. The number of anilines is 1. The molecule has 0 radical (unpaired) electrons. The summed E-state index contributed by atoms with van der Waals surface area (Å²) in [5.74, 6) is 0.329. The van der Waals surface area contributed by atoms with Crippen molar-refractivity contribution in [3.63, 3.8) is 0 Å². The molecule has 1 atom stereocenters. The van der Waals surface area contributed by atoms with Crippen molar-refractivity contribution < 1.29 is 18.9 Å². The number of hydrogen-bond donors (Lipinski definition) is 0. The molecule has 1 fully saturated rings. The van der Waals surface area contributed by atoms with E-state index in [0.717, 1.165) is 31.2 Å². The number of ether oxygens (including phenoxy) is 1. The van der Waals surface area contributed by atoms with E-state index in [2.05, 4.69) is 11.9 Å². The highest BCUT2D eigenvalue weighted by molar-refractivity contribution is 6.34. The van der Waals surface area contributed by atoms with Gasteiger partial charge >= 0.3 is 11.9 Å². The fraction of sp³-hybridized carbons (Fsp3) is 0.360. The van der Waals surface area contributed by atoms with Crippen LogP contribution in [0.2, 0.25) is 5.02 Å². The first kappa shape index (κ1) is 20.9. The highest BCUT2D eigenvalue weighted by Gasteiger charge is 2.52. The lowest BCUT2D eigenvalue weighted by Crippen LogP contribution is -2.59. The number of nitrogens with zero attached hydrogens (tertiary/aromatic N) is 3. The fourth-order valence-electron chi connectivity index (χ4n) is 5.00. The quantitative estimate of drug-likeness (QED) is 0.601. The van der Waals surface area contributed by atoms with Gasteiger partial charge in [0.1, 0.15) is 28.9 Å². The smallest absolute Gasteiger partial charge is 0.494 e. The molecule has 32 heavy (non-hydrogen) atoms. The number of para-hydroxylation sites is 1. The van der Waals surface area contributed by atoms with Crippen LogP contribution in [-0.4, -0.2) is 41.6 Å². The molecule has 2 aromatic rings. The number of imide groups is 1. The summed E-state index contributed by atoms with van der Waals surface area (Å²) in [7, 11) is 1.60. The topological polar surface area (TPSA) is 62.0 Å². The number of carbonyl (C=O) groups excluding carboxylic acids is 2. The van der Waals surface area contributed by atoms with Crippen LogP contribution >= 0.6 is 11.6 Å². The first-order valence-electron chi connectivity index (χ1n) is 11.0. The van der Waals surface area contributed by atoms with Gasteiger partial charge < -0.3 is 4.74 Å². The monoisotopic (exact) mass is 450 g/mol. The number of fused-ring (bicyclic) bond motifs is 3. The van der Waals surface area contributed by atoms with E-state index in [0.29, 0.717) is 33.8 Å². The second kappa shape index (κ2) is 8.17. The van der Waals surface area contributed by atoms with Gasteiger partial charge in [0.25, 0.3) is 0 Å². The number of benzene rings is 2. The summed E-state index contributed by atoms with van der Waals surface area (Å²) in [4.78, 5) is 33.4. The molecule has 2 aromatic carbocycles. The van der Waals surface area contributed by atoms with Crippen LogP contribution in [-0.2, 0) is 4.79 Å². The molecule has 1 saturated carbocycles. The summed E-state index contributed by atoms with van der Waals surface area (Å²) in [6.45, 7) is 2.25. The number of aliphatic imine (C=N–C) groups is 1. The van der Waals surface area contributed by atoms with Gasteiger partial charge in [-0.1, -0.05) is 24.6 Å². The maximum absolute atomic E-state index is 13.9. The average molecular weight is 451 g/mol. The van der Waals surface area contributed by atoms with Gasteiger partial charge in [-0.2, -0.15) is 9.37 Å². The van der Waals surface area contributed by atoms with Gasteiger partial charge in [-0.05, 0) is 68.0 Å². The Balaban J connectivity index is 1.71. The Morgan fingerprint density at radius 2 is 1.78 bits per heavy atom. The molecule has 0 aromatic heterocycles. The highest BCUT2D eigenvalue weighted by Crippen LogP contribution is 2.39. The standard InChI is InChI=1S/C25H25ClN3O3/c1-15-6-10-17(11-7-15)28-23-19-4-3-5-21(32-2)22(19)27-14-20(23)24(30)29(25(28)31)18-12-8-16(26)9-13-18/h3-5,8-9,12-15,17,20H,6-7,10-11H2,1-2H3/q+1. The van der Waals surface area contributed by atoms with Gasteiger partial charge in [-0.15, -0.1) is 4.90 Å². The maximum Gasteiger partial charge on any atom is 0.506 e. The second-order valence-electron chi connectivity index (χ2n) is 8.71. The minimum absolute atomic E-state index is 0.0321. The molecule has 1 unspecified atom stereocenters. The van der Waals surface area contributed by atoms with Crippen LogP contribution in [0.1, 0.15) is 38.2 Å². The first-order valence-corrected chi connectivity index (χ1v) is 11.4. The zero-order chi connectivity index (χ0) is 22.4. The minimum atomic E-state index is -0.637. The van der Waals surface area contributed by atoms with E-state index in [9.17, 15) is 9.59 Å². The van der Waals surface area contributed by atoms with E-state index in [-0.39, 0.29) is 18.0 Å². The van der Waals surface area contributed by atoms with E-state index < -0.39 is 5.92 Å². The van der Waals surface area contributed by atoms with Crippen molar-refractivity contribution in [3.8, 4) is 5.75 Å². The van der Waals surface area contributed by atoms with Gasteiger partial charge in [-0.3, -0.25) is 4.99 Å². The lowest BCUT2D eigenvalue weighted by Gasteiger charge is -2.34.